The van der Waals surface area contributed by atoms with Crippen LogP contribution in [-0.4, -0.2) is 16.0 Å². The van der Waals surface area contributed by atoms with Gasteiger partial charge in [0, 0.05) is 35.6 Å². The van der Waals surface area contributed by atoms with Gasteiger partial charge in [0.15, 0.2) is 5.13 Å². The third-order valence-corrected chi connectivity index (χ3v) is 3.84. The number of benzene rings is 1. The standard InChI is InChI=1S/C16H15N5OS/c17-15-21-14(10-23-15)12-1-3-13(4-2-12)20-16(22)19-9-11-5-7-18-8-6-11/h1-8,10H,9H2,(H2,17,21)(H2,19,20,22). The number of urea groups is 1. The molecule has 0 unspecified atom stereocenters. The second-order valence-electron chi connectivity index (χ2n) is 4.81. The molecule has 1 aromatic carbocycles. The minimum Gasteiger partial charge on any atom is -0.375 e. The molecule has 23 heavy (non-hydrogen) atoms. The summed E-state index contributed by atoms with van der Waals surface area (Å²) in [6, 6.07) is 10.9. The monoisotopic (exact) mass is 325 g/mol. The zero-order valence-corrected chi connectivity index (χ0v) is 13.0. The van der Waals surface area contributed by atoms with Crippen LogP contribution in [0.1, 0.15) is 5.56 Å². The van der Waals surface area contributed by atoms with Crippen molar-refractivity contribution >= 4 is 28.2 Å². The number of anilines is 2. The first-order valence-electron chi connectivity index (χ1n) is 6.96. The van der Waals surface area contributed by atoms with Crippen LogP contribution in [0.25, 0.3) is 11.3 Å². The normalized spacial score (nSPS) is 10.3. The van der Waals surface area contributed by atoms with Gasteiger partial charge in [0.1, 0.15) is 0 Å². The van der Waals surface area contributed by atoms with E-state index in [1.54, 1.807) is 12.4 Å². The van der Waals surface area contributed by atoms with Gasteiger partial charge in [-0.2, -0.15) is 0 Å². The Kier molecular flexibility index (Phi) is 4.49. The van der Waals surface area contributed by atoms with Crippen LogP contribution in [0.5, 0.6) is 0 Å². The summed E-state index contributed by atoms with van der Waals surface area (Å²) in [5.41, 5.74) is 9.13. The van der Waals surface area contributed by atoms with Crippen molar-refractivity contribution in [2.24, 2.45) is 0 Å². The zero-order valence-electron chi connectivity index (χ0n) is 12.2. The third kappa shape index (κ3) is 4.04. The molecule has 3 rings (SSSR count). The number of amides is 2. The highest BCUT2D eigenvalue weighted by Gasteiger charge is 2.04. The van der Waals surface area contributed by atoms with Crippen LogP contribution in [0.15, 0.2) is 54.2 Å². The fourth-order valence-corrected chi connectivity index (χ4v) is 2.58. The molecular weight excluding hydrogens is 310 g/mol. The summed E-state index contributed by atoms with van der Waals surface area (Å²) >= 11 is 1.40. The van der Waals surface area contributed by atoms with E-state index in [4.69, 9.17) is 5.73 Å². The Morgan fingerprint density at radius 2 is 1.87 bits per heavy atom. The molecule has 6 nitrogen and oxygen atoms in total. The lowest BCUT2D eigenvalue weighted by molar-refractivity contribution is 0.251. The van der Waals surface area contributed by atoms with Crippen LogP contribution < -0.4 is 16.4 Å². The molecule has 7 heteroatoms. The number of nitrogens with zero attached hydrogens (tertiary/aromatic N) is 2. The van der Waals surface area contributed by atoms with Gasteiger partial charge in [0.2, 0.25) is 0 Å². The number of nitrogens with one attached hydrogen (secondary N) is 2. The Morgan fingerprint density at radius 1 is 1.13 bits per heavy atom. The lowest BCUT2D eigenvalue weighted by Crippen LogP contribution is -2.28. The molecule has 0 saturated carbocycles. The minimum absolute atomic E-state index is 0.257. The van der Waals surface area contributed by atoms with Crippen LogP contribution >= 0.6 is 11.3 Å². The number of carbonyl (C=O) groups is 1. The predicted molar refractivity (Wildman–Crippen MR) is 92.1 cm³/mol. The second kappa shape index (κ2) is 6.89. The fourth-order valence-electron chi connectivity index (χ4n) is 2.00. The van der Waals surface area contributed by atoms with Gasteiger partial charge in [-0.05, 0) is 29.8 Å². The van der Waals surface area contributed by atoms with Gasteiger partial charge in [0.05, 0.1) is 5.69 Å². The van der Waals surface area contributed by atoms with E-state index in [0.717, 1.165) is 16.8 Å². The third-order valence-electron chi connectivity index (χ3n) is 3.16. The summed E-state index contributed by atoms with van der Waals surface area (Å²) in [6.07, 6.45) is 3.39. The highest BCUT2D eigenvalue weighted by Crippen LogP contribution is 2.24. The molecule has 0 saturated heterocycles. The number of thiazole rings is 1. The summed E-state index contributed by atoms with van der Waals surface area (Å²) in [5.74, 6) is 0. The Morgan fingerprint density at radius 3 is 2.52 bits per heavy atom. The minimum atomic E-state index is -0.257. The van der Waals surface area contributed by atoms with E-state index in [9.17, 15) is 4.79 Å². The van der Waals surface area contributed by atoms with Crippen LogP contribution in [-0.2, 0) is 6.54 Å². The van der Waals surface area contributed by atoms with E-state index >= 15 is 0 Å². The number of carbonyl (C=O) groups excluding carboxylic acids is 1. The highest BCUT2D eigenvalue weighted by atomic mass is 32.1. The lowest BCUT2D eigenvalue weighted by Gasteiger charge is -2.08. The van der Waals surface area contributed by atoms with E-state index in [0.29, 0.717) is 17.4 Å². The van der Waals surface area contributed by atoms with Gasteiger partial charge in [-0.25, -0.2) is 9.78 Å². The Labute approximate surface area is 137 Å². The Hall–Kier alpha value is -2.93. The van der Waals surface area contributed by atoms with Gasteiger partial charge < -0.3 is 16.4 Å². The fraction of sp³-hybridized carbons (Fsp3) is 0.0625. The number of nitrogens with two attached hydrogens (primary N) is 1. The molecule has 2 amide bonds. The Balaban J connectivity index is 1.56. The van der Waals surface area contributed by atoms with E-state index in [-0.39, 0.29) is 6.03 Å². The van der Waals surface area contributed by atoms with Gasteiger partial charge in [0.25, 0.3) is 0 Å². The first kappa shape index (κ1) is 15.0. The molecule has 0 fully saturated rings. The maximum Gasteiger partial charge on any atom is 0.319 e. The second-order valence-corrected chi connectivity index (χ2v) is 5.70. The summed E-state index contributed by atoms with van der Waals surface area (Å²) in [4.78, 5) is 20.0. The molecule has 0 bridgehead atoms. The largest absolute Gasteiger partial charge is 0.375 e. The van der Waals surface area contributed by atoms with Crippen molar-refractivity contribution < 1.29 is 4.79 Å². The summed E-state index contributed by atoms with van der Waals surface area (Å²) in [7, 11) is 0. The number of hydrogen-bond donors (Lipinski definition) is 3. The van der Waals surface area contributed by atoms with Crippen LogP contribution in [0.4, 0.5) is 15.6 Å². The van der Waals surface area contributed by atoms with E-state index < -0.39 is 0 Å². The first-order chi connectivity index (χ1) is 11.2. The van der Waals surface area contributed by atoms with Gasteiger partial charge in [-0.15, -0.1) is 11.3 Å². The van der Waals surface area contributed by atoms with E-state index in [1.165, 1.54) is 11.3 Å². The number of nitrogen functional groups attached to an aromatic ring is 1. The van der Waals surface area contributed by atoms with Crippen LogP contribution in [0, 0.1) is 0 Å². The van der Waals surface area contributed by atoms with Crippen molar-refractivity contribution in [2.45, 2.75) is 6.54 Å². The molecule has 0 aliphatic rings. The van der Waals surface area contributed by atoms with E-state index in [1.807, 2.05) is 41.8 Å². The molecule has 3 aromatic rings. The quantitative estimate of drug-likeness (QED) is 0.687. The maximum absolute atomic E-state index is 11.9. The molecule has 0 aliphatic heterocycles. The van der Waals surface area contributed by atoms with Crippen molar-refractivity contribution in [2.75, 3.05) is 11.1 Å². The summed E-state index contributed by atoms with van der Waals surface area (Å²) < 4.78 is 0. The summed E-state index contributed by atoms with van der Waals surface area (Å²) in [5, 5.41) is 8.02. The van der Waals surface area contributed by atoms with Crippen molar-refractivity contribution in [1.82, 2.24) is 15.3 Å². The molecule has 2 aromatic heterocycles. The van der Waals surface area contributed by atoms with Crippen LogP contribution in [0.2, 0.25) is 0 Å². The van der Waals surface area contributed by atoms with Crippen molar-refractivity contribution in [3.63, 3.8) is 0 Å². The smallest absolute Gasteiger partial charge is 0.319 e. The SMILES string of the molecule is Nc1nc(-c2ccc(NC(=O)NCc3ccncc3)cc2)cs1. The van der Waals surface area contributed by atoms with Gasteiger partial charge >= 0.3 is 6.03 Å². The van der Waals surface area contributed by atoms with Crippen molar-refractivity contribution in [1.29, 1.82) is 0 Å². The summed E-state index contributed by atoms with van der Waals surface area (Å²) in [6.45, 7) is 0.449. The average molecular weight is 325 g/mol. The number of aromatic nitrogens is 2. The average Bonchev–Trinajstić information content (AvgIpc) is 3.01. The maximum atomic E-state index is 11.9. The number of hydrogen-bond acceptors (Lipinski definition) is 5. The van der Waals surface area contributed by atoms with Crippen LogP contribution in [0.3, 0.4) is 0 Å². The predicted octanol–water partition coefficient (Wildman–Crippen LogP) is 3.11. The lowest BCUT2D eigenvalue weighted by atomic mass is 10.1. The van der Waals surface area contributed by atoms with E-state index in [2.05, 4.69) is 20.6 Å². The molecule has 4 N–H and O–H groups in total. The molecule has 0 radical (unpaired) electrons. The Bertz CT molecular complexity index is 786. The van der Waals surface area contributed by atoms with Gasteiger partial charge in [-0.3, -0.25) is 4.98 Å². The zero-order chi connectivity index (χ0) is 16.1. The number of pyridine rings is 1. The molecule has 116 valence electrons. The first-order valence-corrected chi connectivity index (χ1v) is 7.84. The van der Waals surface area contributed by atoms with Crippen molar-refractivity contribution in [3.8, 4) is 11.3 Å². The number of rotatable bonds is 4. The highest BCUT2D eigenvalue weighted by molar-refractivity contribution is 7.13. The molecule has 0 spiro atoms. The van der Waals surface area contributed by atoms with Crippen molar-refractivity contribution in [3.05, 3.63) is 59.7 Å². The molecular formula is C16H15N5OS. The molecule has 0 atom stereocenters. The topological polar surface area (TPSA) is 92.9 Å². The van der Waals surface area contributed by atoms with Gasteiger partial charge in [-0.1, -0.05) is 12.1 Å². The molecule has 2 heterocycles. The molecule has 0 aliphatic carbocycles.